The number of hydrogen-bond acceptors (Lipinski definition) is 6. The lowest BCUT2D eigenvalue weighted by Crippen LogP contribution is -2.25. The van der Waals surface area contributed by atoms with Gasteiger partial charge in [0, 0.05) is 17.3 Å². The van der Waals surface area contributed by atoms with E-state index in [1.54, 1.807) is 42.5 Å². The maximum atomic E-state index is 12.1. The Bertz CT molecular complexity index is 828. The number of Topliss-reactive ketones (excluding diaryl/α,β-unsaturated/α-hetero) is 2. The zero-order valence-electron chi connectivity index (χ0n) is 13.4. The van der Waals surface area contributed by atoms with Crippen molar-refractivity contribution in [2.24, 2.45) is 0 Å². The quantitative estimate of drug-likeness (QED) is 0.492. The Morgan fingerprint density at radius 1 is 1.04 bits per heavy atom. The number of nitrogens with one attached hydrogen (secondary N) is 1. The summed E-state index contributed by atoms with van der Waals surface area (Å²) in [7, 11) is 1.51. The molecule has 7 heteroatoms. The zero-order chi connectivity index (χ0) is 17.8. The first-order valence-corrected chi connectivity index (χ1v) is 7.48. The zero-order valence-corrected chi connectivity index (χ0v) is 13.4. The third-order valence-corrected chi connectivity index (χ3v) is 3.62. The molecular weight excluding hydrogens is 326 g/mol. The predicted octanol–water partition coefficient (Wildman–Crippen LogP) is 2.20. The number of ketones is 2. The van der Waals surface area contributed by atoms with Gasteiger partial charge < -0.3 is 19.5 Å². The second-order valence-corrected chi connectivity index (χ2v) is 5.27. The van der Waals surface area contributed by atoms with Crippen LogP contribution in [0.5, 0.6) is 17.2 Å². The monoisotopic (exact) mass is 341 g/mol. The van der Waals surface area contributed by atoms with Crippen LogP contribution in [-0.2, 0) is 9.59 Å². The molecule has 0 spiro atoms. The molecule has 25 heavy (non-hydrogen) atoms. The molecule has 2 aromatic carbocycles. The number of carbonyl (C=O) groups is 3. The number of benzene rings is 2. The highest BCUT2D eigenvalue weighted by Gasteiger charge is 2.20. The van der Waals surface area contributed by atoms with Gasteiger partial charge in [-0.2, -0.15) is 0 Å². The van der Waals surface area contributed by atoms with E-state index in [-0.39, 0.29) is 6.79 Å². The number of ether oxygens (including phenoxy) is 3. The van der Waals surface area contributed by atoms with E-state index in [0.717, 1.165) is 0 Å². The van der Waals surface area contributed by atoms with Gasteiger partial charge >= 0.3 is 0 Å². The lowest BCUT2D eigenvalue weighted by atomic mass is 10.1. The molecule has 0 saturated carbocycles. The number of methoxy groups -OCH3 is 1. The summed E-state index contributed by atoms with van der Waals surface area (Å²) in [5.74, 6) is -0.463. The summed E-state index contributed by atoms with van der Waals surface area (Å²) in [5, 5.41) is 2.45. The Morgan fingerprint density at radius 2 is 1.76 bits per heavy atom. The first-order chi connectivity index (χ1) is 12.1. The van der Waals surface area contributed by atoms with E-state index in [1.165, 1.54) is 7.11 Å². The van der Waals surface area contributed by atoms with E-state index in [4.69, 9.17) is 14.2 Å². The van der Waals surface area contributed by atoms with Crippen molar-refractivity contribution in [2.75, 3.05) is 19.2 Å². The van der Waals surface area contributed by atoms with Crippen molar-refractivity contribution in [2.45, 2.75) is 6.42 Å². The van der Waals surface area contributed by atoms with Crippen LogP contribution in [0, 0.1) is 0 Å². The summed E-state index contributed by atoms with van der Waals surface area (Å²) < 4.78 is 15.4. The normalized spacial score (nSPS) is 11.7. The van der Waals surface area contributed by atoms with Crippen molar-refractivity contribution >= 4 is 23.2 Å². The molecule has 0 bridgehead atoms. The Balaban J connectivity index is 1.60. The highest BCUT2D eigenvalue weighted by molar-refractivity contribution is 6.44. The fourth-order valence-corrected chi connectivity index (χ4v) is 2.28. The number of amides is 1. The van der Waals surface area contributed by atoms with Gasteiger partial charge in [0.1, 0.15) is 5.75 Å². The average molecular weight is 341 g/mol. The minimum absolute atomic E-state index is 0.113. The molecule has 0 aliphatic carbocycles. The SMILES string of the molecule is COc1ccc(C(=O)CC(=O)C(=O)Nc2ccc3c(c2)OCO3)cc1. The molecule has 0 aromatic heterocycles. The molecule has 128 valence electrons. The maximum absolute atomic E-state index is 12.1. The molecule has 1 aliphatic rings. The van der Waals surface area contributed by atoms with Gasteiger partial charge in [-0.1, -0.05) is 0 Å². The van der Waals surface area contributed by atoms with Gasteiger partial charge in [0.25, 0.3) is 5.91 Å². The van der Waals surface area contributed by atoms with Crippen molar-refractivity contribution in [3.63, 3.8) is 0 Å². The second-order valence-electron chi connectivity index (χ2n) is 5.27. The fraction of sp³-hybridized carbons (Fsp3) is 0.167. The minimum atomic E-state index is -0.860. The summed E-state index contributed by atoms with van der Waals surface area (Å²) in [6.45, 7) is 0.113. The largest absolute Gasteiger partial charge is 0.497 e. The number of fused-ring (bicyclic) bond motifs is 1. The second kappa shape index (κ2) is 7.04. The predicted molar refractivity (Wildman–Crippen MR) is 88.1 cm³/mol. The lowest BCUT2D eigenvalue weighted by molar-refractivity contribution is -0.134. The molecular formula is C18H15NO6. The fourth-order valence-electron chi connectivity index (χ4n) is 2.28. The van der Waals surface area contributed by atoms with Crippen LogP contribution in [0.25, 0.3) is 0 Å². The molecule has 0 unspecified atom stereocenters. The van der Waals surface area contributed by atoms with Gasteiger partial charge in [-0.05, 0) is 36.4 Å². The van der Waals surface area contributed by atoms with Crippen LogP contribution < -0.4 is 19.5 Å². The van der Waals surface area contributed by atoms with E-state index in [0.29, 0.717) is 28.5 Å². The highest BCUT2D eigenvalue weighted by Crippen LogP contribution is 2.34. The summed E-state index contributed by atoms with van der Waals surface area (Å²) in [5.41, 5.74) is 0.726. The Labute approximate surface area is 143 Å². The van der Waals surface area contributed by atoms with Gasteiger partial charge in [0.2, 0.25) is 12.6 Å². The van der Waals surface area contributed by atoms with Gasteiger partial charge in [-0.3, -0.25) is 14.4 Å². The molecule has 0 atom stereocenters. The topological polar surface area (TPSA) is 90.9 Å². The molecule has 2 aromatic rings. The summed E-state index contributed by atoms with van der Waals surface area (Å²) in [6.07, 6.45) is -0.511. The van der Waals surface area contributed by atoms with E-state index in [1.807, 2.05) is 0 Å². The van der Waals surface area contributed by atoms with Crippen LogP contribution in [0.2, 0.25) is 0 Å². The number of carbonyl (C=O) groups excluding carboxylic acids is 3. The summed E-state index contributed by atoms with van der Waals surface area (Å²) in [6, 6.07) is 11.1. The number of anilines is 1. The van der Waals surface area contributed by atoms with Crippen LogP contribution >= 0.6 is 0 Å². The maximum Gasteiger partial charge on any atom is 0.292 e. The summed E-state index contributed by atoms with van der Waals surface area (Å²) in [4.78, 5) is 36.0. The Hall–Kier alpha value is -3.35. The van der Waals surface area contributed by atoms with E-state index >= 15 is 0 Å². The first-order valence-electron chi connectivity index (χ1n) is 7.48. The smallest absolute Gasteiger partial charge is 0.292 e. The van der Waals surface area contributed by atoms with Gasteiger partial charge in [0.05, 0.1) is 13.5 Å². The number of rotatable bonds is 6. The first kappa shape index (κ1) is 16.5. The molecule has 1 heterocycles. The third-order valence-electron chi connectivity index (χ3n) is 3.62. The van der Waals surface area contributed by atoms with Crippen molar-refractivity contribution in [3.05, 3.63) is 48.0 Å². The van der Waals surface area contributed by atoms with Crippen LogP contribution in [0.1, 0.15) is 16.8 Å². The Morgan fingerprint density at radius 3 is 2.48 bits per heavy atom. The lowest BCUT2D eigenvalue weighted by Gasteiger charge is -2.06. The van der Waals surface area contributed by atoms with E-state index < -0.39 is 23.9 Å². The average Bonchev–Trinajstić information content (AvgIpc) is 3.09. The molecule has 1 amide bonds. The minimum Gasteiger partial charge on any atom is -0.497 e. The Kier molecular flexibility index (Phi) is 4.65. The van der Waals surface area contributed by atoms with Crippen LogP contribution in [0.15, 0.2) is 42.5 Å². The molecule has 7 nitrogen and oxygen atoms in total. The number of hydrogen-bond donors (Lipinski definition) is 1. The standard InChI is InChI=1S/C18H15NO6/c1-23-13-5-2-11(3-6-13)14(20)9-15(21)18(22)19-12-4-7-16-17(8-12)25-10-24-16/h2-8H,9-10H2,1H3,(H,19,22). The summed E-state index contributed by atoms with van der Waals surface area (Å²) >= 11 is 0. The van der Waals surface area contributed by atoms with E-state index in [2.05, 4.69) is 5.32 Å². The van der Waals surface area contributed by atoms with Crippen LogP contribution in [0.4, 0.5) is 5.69 Å². The van der Waals surface area contributed by atoms with Crippen molar-refractivity contribution < 1.29 is 28.6 Å². The van der Waals surface area contributed by atoms with Gasteiger partial charge in [-0.15, -0.1) is 0 Å². The molecule has 0 radical (unpaired) electrons. The van der Waals surface area contributed by atoms with Crippen molar-refractivity contribution in [1.29, 1.82) is 0 Å². The molecule has 1 N–H and O–H groups in total. The molecule has 0 saturated heterocycles. The van der Waals surface area contributed by atoms with Gasteiger partial charge in [-0.25, -0.2) is 0 Å². The van der Waals surface area contributed by atoms with Crippen LogP contribution in [0.3, 0.4) is 0 Å². The third kappa shape index (κ3) is 3.77. The van der Waals surface area contributed by atoms with Gasteiger partial charge in [0.15, 0.2) is 17.3 Å². The molecule has 1 aliphatic heterocycles. The molecule has 3 rings (SSSR count). The van der Waals surface area contributed by atoms with Crippen molar-refractivity contribution in [1.82, 2.24) is 0 Å². The molecule has 0 fully saturated rings. The van der Waals surface area contributed by atoms with E-state index in [9.17, 15) is 14.4 Å². The van der Waals surface area contributed by atoms with Crippen molar-refractivity contribution in [3.8, 4) is 17.2 Å². The van der Waals surface area contributed by atoms with Crippen LogP contribution in [-0.4, -0.2) is 31.4 Å². The highest BCUT2D eigenvalue weighted by atomic mass is 16.7.